The van der Waals surface area contributed by atoms with Crippen LogP contribution in [0, 0.1) is 17.2 Å². The first-order valence-electron chi connectivity index (χ1n) is 12.9. The summed E-state index contributed by atoms with van der Waals surface area (Å²) >= 11 is 0. The molecule has 4 heterocycles. The standard InChI is InChI=1S/C27H31N7O2/c1-4-6-18-13-22(26(35)34-11-5-7-19-8-10-27(19,34)16-28)33-12-9-17-14-23(36-3)21(15-20(17)24(18)33)25-29-31-32(2)30-25/h13-15,19H,4-12H2,1-3H3/t19-,27-/m1/s1. The van der Waals surface area contributed by atoms with Crippen LogP contribution in [-0.2, 0) is 26.4 Å². The molecule has 1 aromatic carbocycles. The van der Waals surface area contributed by atoms with Gasteiger partial charge in [-0.3, -0.25) is 4.79 Å². The topological polar surface area (TPSA) is 102 Å². The molecule has 0 spiro atoms. The molecule has 2 aliphatic heterocycles. The van der Waals surface area contributed by atoms with Crippen molar-refractivity contribution < 1.29 is 9.53 Å². The van der Waals surface area contributed by atoms with Gasteiger partial charge in [0.15, 0.2) is 0 Å². The van der Waals surface area contributed by atoms with Crippen LogP contribution in [0.5, 0.6) is 5.75 Å². The molecule has 0 bridgehead atoms. The summed E-state index contributed by atoms with van der Waals surface area (Å²) in [5.74, 6) is 1.53. The largest absolute Gasteiger partial charge is 0.496 e. The molecule has 0 radical (unpaired) electrons. The van der Waals surface area contributed by atoms with E-state index in [1.54, 1.807) is 14.2 Å². The second kappa shape index (κ2) is 8.47. The molecular weight excluding hydrogens is 454 g/mol. The van der Waals surface area contributed by atoms with E-state index in [0.29, 0.717) is 24.0 Å². The van der Waals surface area contributed by atoms with Gasteiger partial charge in [-0.15, -0.1) is 10.2 Å². The first-order chi connectivity index (χ1) is 17.5. The van der Waals surface area contributed by atoms with Crippen LogP contribution in [0.25, 0.3) is 22.6 Å². The summed E-state index contributed by atoms with van der Waals surface area (Å²) in [6.45, 7) is 3.53. The first kappa shape index (κ1) is 22.8. The van der Waals surface area contributed by atoms with Crippen LogP contribution in [0.4, 0.5) is 0 Å². The monoisotopic (exact) mass is 485 g/mol. The Morgan fingerprint density at radius 2 is 2.11 bits per heavy atom. The number of methoxy groups -OCH3 is 1. The van der Waals surface area contributed by atoms with E-state index in [2.05, 4.69) is 51.2 Å². The smallest absolute Gasteiger partial charge is 0.271 e. The van der Waals surface area contributed by atoms with Gasteiger partial charge in [0.25, 0.3) is 5.91 Å². The molecule has 1 amide bonds. The Hall–Kier alpha value is -3.67. The first-order valence-corrected chi connectivity index (χ1v) is 12.9. The van der Waals surface area contributed by atoms with Gasteiger partial charge in [0.2, 0.25) is 5.82 Å². The van der Waals surface area contributed by atoms with Crippen molar-refractivity contribution in [2.75, 3.05) is 13.7 Å². The second-order valence-electron chi connectivity index (χ2n) is 10.2. The number of carbonyl (C=O) groups excluding carboxylic acids is 1. The Morgan fingerprint density at radius 3 is 2.78 bits per heavy atom. The zero-order valence-corrected chi connectivity index (χ0v) is 21.1. The van der Waals surface area contributed by atoms with Crippen molar-refractivity contribution in [2.24, 2.45) is 13.0 Å². The number of hydrogen-bond acceptors (Lipinski definition) is 6. The molecular formula is C27H31N7O2. The highest BCUT2D eigenvalue weighted by Crippen LogP contribution is 2.49. The van der Waals surface area contributed by atoms with E-state index in [-0.39, 0.29) is 5.91 Å². The number of fused-ring (bicyclic) bond motifs is 4. The highest BCUT2D eigenvalue weighted by molar-refractivity contribution is 5.96. The number of nitriles is 1. The molecule has 186 valence electrons. The number of likely N-dealkylation sites (tertiary alicyclic amines) is 1. The van der Waals surface area contributed by atoms with Crippen LogP contribution in [-0.4, -0.2) is 54.8 Å². The molecule has 9 nitrogen and oxygen atoms in total. The zero-order valence-electron chi connectivity index (χ0n) is 21.1. The third kappa shape index (κ3) is 3.20. The van der Waals surface area contributed by atoms with Gasteiger partial charge in [-0.25, -0.2) is 0 Å². The summed E-state index contributed by atoms with van der Waals surface area (Å²) in [5, 5.41) is 22.7. The van der Waals surface area contributed by atoms with Crippen molar-refractivity contribution in [3.8, 4) is 34.5 Å². The van der Waals surface area contributed by atoms with Crippen molar-refractivity contribution in [1.82, 2.24) is 29.7 Å². The summed E-state index contributed by atoms with van der Waals surface area (Å²) in [6, 6.07) is 8.78. The molecule has 3 aliphatic rings. The molecule has 1 saturated heterocycles. The van der Waals surface area contributed by atoms with Gasteiger partial charge in [-0.05, 0) is 79.0 Å². The zero-order chi connectivity index (χ0) is 25.0. The maximum Gasteiger partial charge on any atom is 0.271 e. The number of piperidine rings is 1. The highest BCUT2D eigenvalue weighted by atomic mass is 16.5. The maximum absolute atomic E-state index is 14.0. The summed E-state index contributed by atoms with van der Waals surface area (Å²) in [7, 11) is 3.40. The fourth-order valence-electron chi connectivity index (χ4n) is 6.49. The minimum atomic E-state index is -0.629. The van der Waals surface area contributed by atoms with E-state index in [1.807, 2.05) is 4.90 Å². The van der Waals surface area contributed by atoms with Crippen molar-refractivity contribution in [2.45, 2.75) is 64.0 Å². The van der Waals surface area contributed by atoms with Gasteiger partial charge in [-0.1, -0.05) is 13.3 Å². The molecule has 0 N–H and O–H groups in total. The van der Waals surface area contributed by atoms with Crippen LogP contribution in [0.1, 0.15) is 60.6 Å². The summed E-state index contributed by atoms with van der Waals surface area (Å²) in [6.07, 6.45) is 6.47. The number of rotatable bonds is 5. The van der Waals surface area contributed by atoms with Crippen molar-refractivity contribution in [3.05, 3.63) is 35.0 Å². The molecule has 1 aliphatic carbocycles. The number of hydrogen-bond donors (Lipinski definition) is 0. The van der Waals surface area contributed by atoms with E-state index < -0.39 is 5.54 Å². The fourth-order valence-corrected chi connectivity index (χ4v) is 6.49. The molecule has 0 unspecified atom stereocenters. The molecule has 36 heavy (non-hydrogen) atoms. The van der Waals surface area contributed by atoms with Gasteiger partial charge in [0, 0.05) is 18.7 Å². The SMILES string of the molecule is CCCc1cc(C(=O)N2CCC[C@@H]3CC[C@@]32C#N)n2c1-c1cc(-c3nnn(C)n3)c(OC)cc1CC2. The number of aromatic nitrogens is 5. The van der Waals surface area contributed by atoms with Gasteiger partial charge in [0.1, 0.15) is 17.0 Å². The van der Waals surface area contributed by atoms with Crippen molar-refractivity contribution in [3.63, 3.8) is 0 Å². The van der Waals surface area contributed by atoms with Crippen LogP contribution < -0.4 is 4.74 Å². The Morgan fingerprint density at radius 1 is 1.25 bits per heavy atom. The second-order valence-corrected chi connectivity index (χ2v) is 10.2. The van der Waals surface area contributed by atoms with E-state index in [0.717, 1.165) is 79.6 Å². The lowest BCUT2D eigenvalue weighted by Crippen LogP contribution is -2.64. The van der Waals surface area contributed by atoms with Crippen LogP contribution >= 0.6 is 0 Å². The van der Waals surface area contributed by atoms with Crippen LogP contribution in [0.2, 0.25) is 0 Å². The van der Waals surface area contributed by atoms with Gasteiger partial charge >= 0.3 is 0 Å². The predicted octanol–water partition coefficient (Wildman–Crippen LogP) is 3.77. The lowest BCUT2D eigenvalue weighted by Gasteiger charge is -2.54. The van der Waals surface area contributed by atoms with Gasteiger partial charge in [-0.2, -0.15) is 10.1 Å². The van der Waals surface area contributed by atoms with E-state index in [4.69, 9.17) is 4.74 Å². The Balaban J connectivity index is 1.48. The van der Waals surface area contributed by atoms with E-state index in [9.17, 15) is 10.1 Å². The fraction of sp³-hybridized carbons (Fsp3) is 0.519. The maximum atomic E-state index is 14.0. The molecule has 2 fully saturated rings. The molecule has 2 aromatic heterocycles. The van der Waals surface area contributed by atoms with E-state index >= 15 is 0 Å². The third-order valence-electron chi connectivity index (χ3n) is 8.35. The average Bonchev–Trinajstić information content (AvgIpc) is 3.47. The molecule has 2 atom stereocenters. The Labute approximate surface area is 210 Å². The lowest BCUT2D eigenvalue weighted by atomic mass is 9.62. The minimum absolute atomic E-state index is 0.00247. The van der Waals surface area contributed by atoms with Crippen LogP contribution in [0.3, 0.4) is 0 Å². The number of aryl methyl sites for hydroxylation is 3. The normalized spacial score (nSPS) is 22.2. The van der Waals surface area contributed by atoms with Crippen molar-refractivity contribution >= 4 is 5.91 Å². The molecule has 3 aromatic rings. The Bertz CT molecular complexity index is 1400. The number of benzene rings is 1. The van der Waals surface area contributed by atoms with E-state index in [1.165, 1.54) is 10.4 Å². The number of ether oxygens (including phenoxy) is 1. The third-order valence-corrected chi connectivity index (χ3v) is 8.35. The quantitative estimate of drug-likeness (QED) is 0.545. The van der Waals surface area contributed by atoms with Crippen molar-refractivity contribution in [1.29, 1.82) is 5.26 Å². The number of amides is 1. The minimum Gasteiger partial charge on any atom is -0.496 e. The summed E-state index contributed by atoms with van der Waals surface area (Å²) < 4.78 is 7.88. The molecule has 1 saturated carbocycles. The van der Waals surface area contributed by atoms with Gasteiger partial charge in [0.05, 0.1) is 31.5 Å². The molecule has 9 heteroatoms. The summed E-state index contributed by atoms with van der Waals surface area (Å²) in [5.41, 5.74) is 5.38. The lowest BCUT2D eigenvalue weighted by molar-refractivity contribution is -0.0221. The average molecular weight is 486 g/mol. The number of nitrogens with zero attached hydrogens (tertiary/aromatic N) is 7. The number of tetrazole rings is 1. The Kier molecular flexibility index (Phi) is 5.36. The number of carbonyl (C=O) groups is 1. The van der Waals surface area contributed by atoms with Gasteiger partial charge < -0.3 is 14.2 Å². The highest BCUT2D eigenvalue weighted by Gasteiger charge is 2.55. The van der Waals surface area contributed by atoms with Crippen LogP contribution in [0.15, 0.2) is 18.2 Å². The molecule has 6 rings (SSSR count). The predicted molar refractivity (Wildman–Crippen MR) is 133 cm³/mol. The summed E-state index contributed by atoms with van der Waals surface area (Å²) in [4.78, 5) is 17.4.